The molecule has 0 aromatic heterocycles. The molecule has 10 nitrogen and oxygen atoms in total. The van der Waals surface area contributed by atoms with E-state index in [0.29, 0.717) is 0 Å². The molecule has 0 fully saturated rings. The fourth-order valence-corrected chi connectivity index (χ4v) is 0. The summed E-state index contributed by atoms with van der Waals surface area (Å²) in [6, 6.07) is 0. The molecule has 0 aromatic rings. The van der Waals surface area contributed by atoms with Crippen LogP contribution in [0.15, 0.2) is 0 Å². The highest BCUT2D eigenvalue weighted by Gasteiger charge is 1.65. The zero-order valence-electron chi connectivity index (χ0n) is 5.09. The number of nitrogens with zero attached hydrogens (tertiary/aromatic N) is 2. The molecule has 0 spiro atoms. The van der Waals surface area contributed by atoms with E-state index in [-0.39, 0.29) is 12.3 Å². The van der Waals surface area contributed by atoms with Crippen molar-refractivity contribution in [3.8, 4) is 0 Å². The molecule has 10 heavy (non-hydrogen) atoms. The third-order valence-electron chi connectivity index (χ3n) is 0. The number of rotatable bonds is 0. The van der Waals surface area contributed by atoms with E-state index >= 15 is 0 Å². The Balaban J connectivity index is -0.0000000300. The summed E-state index contributed by atoms with van der Waals surface area (Å²) in [6.07, 6.45) is 0. The van der Waals surface area contributed by atoms with Gasteiger partial charge in [-0.25, -0.2) is 0 Å². The second kappa shape index (κ2) is 15.7. The van der Waals surface area contributed by atoms with Gasteiger partial charge in [0.25, 0.3) is 5.09 Å². The van der Waals surface area contributed by atoms with Crippen molar-refractivity contribution in [3.05, 3.63) is 25.4 Å². The van der Waals surface area contributed by atoms with Crippen LogP contribution in [0.2, 0.25) is 0 Å². The quantitative estimate of drug-likeness (QED) is 0.325. The Bertz CT molecular complexity index is 67.7. The second-order valence-corrected chi connectivity index (χ2v) is 0.461. The highest BCUT2D eigenvalue weighted by atomic mass is 16.9. The number of hydrogen-bond donors (Lipinski definition) is 3. The Labute approximate surface area is 54.5 Å². The lowest BCUT2D eigenvalue weighted by Gasteiger charge is -1.74. The third kappa shape index (κ3) is 63.4. The van der Waals surface area contributed by atoms with E-state index in [9.17, 15) is 0 Å². The Kier molecular flexibility index (Phi) is 37.4. The first-order valence-electron chi connectivity index (χ1n) is 1.11. The molecule has 0 atom stereocenters. The fourth-order valence-electron chi connectivity index (χ4n) is 0. The molecule has 8 N–H and O–H groups in total. The lowest BCUT2D eigenvalue weighted by atomic mass is 13.1. The summed E-state index contributed by atoms with van der Waals surface area (Å²) in [5, 5.41) is 28.4. The van der Waals surface area contributed by atoms with E-state index in [4.69, 9.17) is 30.6 Å². The minimum atomic E-state index is -1.75. The average Bonchev–Trinajstić information content (AvgIpc) is 1.25. The summed E-state index contributed by atoms with van der Waals surface area (Å²) >= 11 is 0. The van der Waals surface area contributed by atoms with Crippen molar-refractivity contribution >= 4 is 0 Å². The molecule has 0 aliphatic carbocycles. The molecular formula is H8N4O6. The van der Waals surface area contributed by atoms with Gasteiger partial charge in [0.15, 0.2) is 0 Å². The van der Waals surface area contributed by atoms with Crippen LogP contribution in [0.1, 0.15) is 0 Å². The van der Waals surface area contributed by atoms with Gasteiger partial charge in [0.2, 0.25) is 0 Å². The van der Waals surface area contributed by atoms with E-state index < -0.39 is 10.2 Å². The van der Waals surface area contributed by atoms with Gasteiger partial charge in [-0.1, -0.05) is 0 Å². The van der Waals surface area contributed by atoms with E-state index in [0.717, 1.165) is 0 Å². The van der Waals surface area contributed by atoms with E-state index in [1.165, 1.54) is 0 Å². The molecule has 0 radical (unpaired) electrons. The molecule has 0 bridgehead atoms. The molecule has 0 saturated carbocycles. The highest BCUT2D eigenvalue weighted by molar-refractivity contribution is 4.03. The van der Waals surface area contributed by atoms with Crippen molar-refractivity contribution in [3.63, 3.8) is 0 Å². The Morgan fingerprint density at radius 1 is 1.10 bits per heavy atom. The van der Waals surface area contributed by atoms with Crippen LogP contribution in [0, 0.1) is 25.4 Å². The Morgan fingerprint density at radius 3 is 1.10 bits per heavy atom. The lowest BCUT2D eigenvalue weighted by Crippen LogP contribution is -1.81. The van der Waals surface area contributed by atoms with Crippen molar-refractivity contribution in [1.82, 2.24) is 12.3 Å². The van der Waals surface area contributed by atoms with Crippen LogP contribution in [0.25, 0.3) is 0 Å². The minimum Gasteiger partial charge on any atom is -0.369 e. The average molecular weight is 160 g/mol. The first-order valence-corrected chi connectivity index (χ1v) is 1.11. The van der Waals surface area contributed by atoms with E-state index in [1.807, 2.05) is 0 Å². The normalized spacial score (nSPS) is 4.80. The summed E-state index contributed by atoms with van der Waals surface area (Å²) in [5.41, 5.74) is 0. The first kappa shape index (κ1) is 23.9. The van der Waals surface area contributed by atoms with Gasteiger partial charge in [-0.2, -0.15) is 0 Å². The smallest absolute Gasteiger partial charge is 0.291 e. The summed E-state index contributed by atoms with van der Waals surface area (Å²) in [7, 11) is 0. The molecule has 0 unspecified atom stereocenters. The highest BCUT2D eigenvalue weighted by Crippen LogP contribution is 1.44. The van der Waals surface area contributed by atoms with Gasteiger partial charge in [-0.3, -0.25) is 0 Å². The van der Waals surface area contributed by atoms with E-state index in [1.54, 1.807) is 0 Å². The predicted molar refractivity (Wildman–Crippen MR) is 30.1 cm³/mol. The van der Waals surface area contributed by atoms with Crippen LogP contribution in [-0.4, -0.2) is 15.4 Å². The standard InChI is InChI=1S/HNO3.NO3.2H3N/c2*2-1(3)4;;/h(H,2,3,4);;2*1H3/q;-1;;/p+1. The maximum Gasteiger partial charge on any atom is 0.291 e. The Morgan fingerprint density at radius 2 is 1.10 bits per heavy atom. The molecule has 0 amide bonds. The Hall–Kier alpha value is -1.68. The topological polar surface area (TPSA) is 201 Å². The van der Waals surface area contributed by atoms with Crippen molar-refractivity contribution in [2.24, 2.45) is 0 Å². The minimum absolute atomic E-state index is 0. The fraction of sp³-hybridized carbons (Fsp3) is 0. The summed E-state index contributed by atoms with van der Waals surface area (Å²) < 4.78 is 0. The largest absolute Gasteiger partial charge is 0.369 e. The van der Waals surface area contributed by atoms with E-state index in [2.05, 4.69) is 0 Å². The molecule has 64 valence electrons. The van der Waals surface area contributed by atoms with Crippen LogP contribution in [0.5, 0.6) is 0 Å². The molecule has 0 aromatic carbocycles. The van der Waals surface area contributed by atoms with Crippen LogP contribution in [-0.2, 0) is 0 Å². The number of hydrogen-bond acceptors (Lipinski definition) is 6. The van der Waals surface area contributed by atoms with Gasteiger partial charge < -0.3 is 32.8 Å². The zero-order chi connectivity index (χ0) is 7.15. The second-order valence-electron chi connectivity index (χ2n) is 0.461. The summed E-state index contributed by atoms with van der Waals surface area (Å²) in [6.45, 7) is 0. The van der Waals surface area contributed by atoms with Crippen LogP contribution in [0.3, 0.4) is 0 Å². The molecular weight excluding hydrogens is 152 g/mol. The molecule has 0 rings (SSSR count). The van der Waals surface area contributed by atoms with Crippen molar-refractivity contribution in [2.75, 3.05) is 0 Å². The van der Waals surface area contributed by atoms with Crippen molar-refractivity contribution < 1.29 is 15.4 Å². The van der Waals surface area contributed by atoms with Gasteiger partial charge in [0, 0.05) is 0 Å². The maximum atomic E-state index is 8.36. The lowest BCUT2D eigenvalue weighted by molar-refractivity contribution is -0.742. The molecule has 0 heterocycles. The molecule has 0 saturated heterocycles. The van der Waals surface area contributed by atoms with Crippen molar-refractivity contribution in [2.45, 2.75) is 0 Å². The first-order chi connectivity index (χ1) is 3.46. The van der Waals surface area contributed by atoms with Gasteiger partial charge in [0.05, 0.1) is 5.09 Å². The van der Waals surface area contributed by atoms with Gasteiger partial charge in [0.1, 0.15) is 0 Å². The van der Waals surface area contributed by atoms with Crippen molar-refractivity contribution in [1.29, 1.82) is 0 Å². The van der Waals surface area contributed by atoms with Crippen LogP contribution >= 0.6 is 0 Å². The number of quaternary nitrogens is 1. The zero-order valence-corrected chi connectivity index (χ0v) is 5.09. The SMILES string of the molecule is N.O=[N+]([O-])O.O=[N+]([O-])[O-].[NH4+]. The van der Waals surface area contributed by atoms with Gasteiger partial charge >= 0.3 is 0 Å². The van der Waals surface area contributed by atoms with Gasteiger partial charge in [-0.15, -0.1) is 10.1 Å². The van der Waals surface area contributed by atoms with Gasteiger partial charge in [-0.05, 0) is 0 Å². The third-order valence-corrected chi connectivity index (χ3v) is 0. The van der Waals surface area contributed by atoms with Crippen LogP contribution in [0.4, 0.5) is 0 Å². The molecule has 10 heteroatoms. The monoisotopic (exact) mass is 160 g/mol. The maximum absolute atomic E-state index is 8.36. The molecule has 0 aliphatic heterocycles. The summed E-state index contributed by atoms with van der Waals surface area (Å²) in [5.74, 6) is 0. The summed E-state index contributed by atoms with van der Waals surface area (Å²) in [4.78, 5) is 16.6. The molecule has 0 aliphatic rings. The van der Waals surface area contributed by atoms with Crippen LogP contribution < -0.4 is 12.3 Å². The predicted octanol–water partition coefficient (Wildman–Crippen LogP) is -0.0486.